The zero-order valence-electron chi connectivity index (χ0n) is 14.8. The molecule has 1 fully saturated rings. The Balaban J connectivity index is 1.69. The van der Waals surface area contributed by atoms with Gasteiger partial charge in [0, 0.05) is 17.7 Å². The molecular formula is C20H26N2O2. The van der Waals surface area contributed by atoms with Gasteiger partial charge in [-0.05, 0) is 23.8 Å². The van der Waals surface area contributed by atoms with Gasteiger partial charge in [0.05, 0.1) is 0 Å². The van der Waals surface area contributed by atoms with Crippen LogP contribution in [0.3, 0.4) is 0 Å². The number of aromatic nitrogens is 1. The van der Waals surface area contributed by atoms with E-state index >= 15 is 0 Å². The number of hydrogen-bond donors (Lipinski definition) is 1. The van der Waals surface area contributed by atoms with E-state index in [9.17, 15) is 4.79 Å². The Morgan fingerprint density at radius 3 is 2.42 bits per heavy atom. The third kappa shape index (κ3) is 3.86. The molecule has 24 heavy (non-hydrogen) atoms. The van der Waals surface area contributed by atoms with Crippen molar-refractivity contribution in [2.24, 2.45) is 0 Å². The van der Waals surface area contributed by atoms with E-state index < -0.39 is 0 Å². The largest absolute Gasteiger partial charge is 0.355 e. The van der Waals surface area contributed by atoms with E-state index in [1.54, 1.807) is 6.07 Å². The van der Waals surface area contributed by atoms with E-state index in [0.717, 1.165) is 18.4 Å². The number of amides is 1. The normalized spacial score (nSPS) is 16.1. The molecular weight excluding hydrogens is 300 g/mol. The number of benzene rings is 1. The van der Waals surface area contributed by atoms with Crippen LogP contribution in [0.25, 0.3) is 11.3 Å². The van der Waals surface area contributed by atoms with Gasteiger partial charge in [0.15, 0.2) is 11.5 Å². The van der Waals surface area contributed by atoms with Gasteiger partial charge in [0.1, 0.15) is 0 Å². The highest BCUT2D eigenvalue weighted by Crippen LogP contribution is 2.26. The lowest BCUT2D eigenvalue weighted by Gasteiger charge is -2.22. The molecule has 1 aromatic heterocycles. The van der Waals surface area contributed by atoms with Crippen LogP contribution in [0, 0.1) is 0 Å². The first-order valence-electron chi connectivity index (χ1n) is 8.82. The van der Waals surface area contributed by atoms with Gasteiger partial charge in [-0.3, -0.25) is 4.79 Å². The smallest absolute Gasteiger partial charge is 0.273 e. The van der Waals surface area contributed by atoms with Crippen molar-refractivity contribution in [1.29, 1.82) is 0 Å². The Hall–Kier alpha value is -2.10. The number of nitrogens with zero attached hydrogens (tertiary/aromatic N) is 1. The van der Waals surface area contributed by atoms with Crippen LogP contribution in [-0.4, -0.2) is 17.1 Å². The van der Waals surface area contributed by atoms with Crippen molar-refractivity contribution in [3.63, 3.8) is 0 Å². The molecule has 1 aliphatic rings. The molecule has 4 heteroatoms. The number of hydrogen-bond acceptors (Lipinski definition) is 3. The summed E-state index contributed by atoms with van der Waals surface area (Å²) in [7, 11) is 0. The van der Waals surface area contributed by atoms with Crippen LogP contribution in [0.1, 0.15) is 68.9 Å². The Labute approximate surface area is 143 Å². The van der Waals surface area contributed by atoms with Crippen molar-refractivity contribution in [1.82, 2.24) is 10.5 Å². The van der Waals surface area contributed by atoms with E-state index in [1.165, 1.54) is 24.8 Å². The Morgan fingerprint density at radius 1 is 1.12 bits per heavy atom. The molecule has 3 rings (SSSR count). The molecule has 1 amide bonds. The maximum Gasteiger partial charge on any atom is 0.273 e. The van der Waals surface area contributed by atoms with Crippen molar-refractivity contribution in [3.8, 4) is 11.3 Å². The highest BCUT2D eigenvalue weighted by atomic mass is 16.5. The van der Waals surface area contributed by atoms with Gasteiger partial charge < -0.3 is 9.84 Å². The minimum atomic E-state index is -0.136. The van der Waals surface area contributed by atoms with E-state index in [0.29, 0.717) is 11.5 Å². The molecule has 2 aromatic rings. The zero-order chi connectivity index (χ0) is 17.2. The number of rotatable bonds is 3. The van der Waals surface area contributed by atoms with Gasteiger partial charge in [0.2, 0.25) is 0 Å². The maximum atomic E-state index is 12.3. The molecule has 0 atom stereocenters. The molecule has 0 spiro atoms. The van der Waals surface area contributed by atoms with Gasteiger partial charge >= 0.3 is 0 Å². The molecule has 0 saturated heterocycles. The Bertz CT molecular complexity index is 689. The molecule has 0 radical (unpaired) electrons. The summed E-state index contributed by atoms with van der Waals surface area (Å²) in [6.45, 7) is 6.55. The van der Waals surface area contributed by atoms with Crippen LogP contribution in [0.15, 0.2) is 34.9 Å². The van der Waals surface area contributed by atoms with Crippen LogP contribution < -0.4 is 5.32 Å². The SMILES string of the molecule is CC(C)(C)c1ccc(-c2cc(C(=O)NC3CCCCC3)no2)cc1. The highest BCUT2D eigenvalue weighted by molar-refractivity contribution is 5.93. The molecule has 1 saturated carbocycles. The minimum Gasteiger partial charge on any atom is -0.355 e. The summed E-state index contributed by atoms with van der Waals surface area (Å²) in [6, 6.07) is 10.2. The first-order chi connectivity index (χ1) is 11.4. The third-order valence-electron chi connectivity index (χ3n) is 4.72. The predicted octanol–water partition coefficient (Wildman–Crippen LogP) is 4.70. The molecule has 4 nitrogen and oxygen atoms in total. The molecule has 1 aromatic carbocycles. The van der Waals surface area contributed by atoms with Crippen LogP contribution in [0.5, 0.6) is 0 Å². The highest BCUT2D eigenvalue weighted by Gasteiger charge is 2.20. The lowest BCUT2D eigenvalue weighted by Crippen LogP contribution is -2.36. The molecule has 1 heterocycles. The van der Waals surface area contributed by atoms with Crippen LogP contribution in [0.4, 0.5) is 0 Å². The summed E-state index contributed by atoms with van der Waals surface area (Å²) < 4.78 is 5.38. The average molecular weight is 326 g/mol. The van der Waals surface area contributed by atoms with Gasteiger partial charge in [-0.2, -0.15) is 0 Å². The zero-order valence-corrected chi connectivity index (χ0v) is 14.8. The fourth-order valence-corrected chi connectivity index (χ4v) is 3.16. The molecule has 0 aliphatic heterocycles. The van der Waals surface area contributed by atoms with Gasteiger partial charge in [-0.15, -0.1) is 0 Å². The number of carbonyl (C=O) groups excluding carboxylic acids is 1. The van der Waals surface area contributed by atoms with E-state index in [-0.39, 0.29) is 17.4 Å². The number of carbonyl (C=O) groups is 1. The average Bonchev–Trinajstić information content (AvgIpc) is 3.05. The van der Waals surface area contributed by atoms with Crippen molar-refractivity contribution in [2.45, 2.75) is 64.3 Å². The number of nitrogens with one attached hydrogen (secondary N) is 1. The van der Waals surface area contributed by atoms with Crippen molar-refractivity contribution in [2.75, 3.05) is 0 Å². The lowest BCUT2D eigenvalue weighted by molar-refractivity contribution is 0.0918. The standard InChI is InChI=1S/C20H26N2O2/c1-20(2,3)15-11-9-14(10-12-15)18-13-17(22-24-18)19(23)21-16-7-5-4-6-8-16/h9-13,16H,4-8H2,1-3H3,(H,21,23). The third-order valence-corrected chi connectivity index (χ3v) is 4.72. The molecule has 0 unspecified atom stereocenters. The summed E-state index contributed by atoms with van der Waals surface area (Å²) in [5.41, 5.74) is 2.68. The van der Waals surface area contributed by atoms with Crippen LogP contribution in [-0.2, 0) is 5.41 Å². The summed E-state index contributed by atoms with van der Waals surface area (Å²) in [5.74, 6) is 0.493. The molecule has 1 N–H and O–H groups in total. The van der Waals surface area contributed by atoms with E-state index in [1.807, 2.05) is 12.1 Å². The summed E-state index contributed by atoms with van der Waals surface area (Å²) in [4.78, 5) is 12.3. The summed E-state index contributed by atoms with van der Waals surface area (Å²) >= 11 is 0. The Morgan fingerprint density at radius 2 is 1.79 bits per heavy atom. The monoisotopic (exact) mass is 326 g/mol. The second kappa shape index (κ2) is 6.80. The fraction of sp³-hybridized carbons (Fsp3) is 0.500. The lowest BCUT2D eigenvalue weighted by atomic mass is 9.86. The first-order valence-corrected chi connectivity index (χ1v) is 8.82. The van der Waals surface area contributed by atoms with Gasteiger partial charge in [-0.1, -0.05) is 69.5 Å². The quantitative estimate of drug-likeness (QED) is 0.889. The van der Waals surface area contributed by atoms with E-state index in [2.05, 4.69) is 43.4 Å². The topological polar surface area (TPSA) is 55.1 Å². The Kier molecular flexibility index (Phi) is 4.74. The maximum absolute atomic E-state index is 12.3. The predicted molar refractivity (Wildman–Crippen MR) is 95.0 cm³/mol. The molecule has 0 bridgehead atoms. The second-order valence-electron chi connectivity index (χ2n) is 7.71. The molecule has 1 aliphatic carbocycles. The van der Waals surface area contributed by atoms with Crippen LogP contribution in [0.2, 0.25) is 0 Å². The van der Waals surface area contributed by atoms with Crippen molar-refractivity contribution >= 4 is 5.91 Å². The minimum absolute atomic E-state index is 0.116. The summed E-state index contributed by atoms with van der Waals surface area (Å²) in [6.07, 6.45) is 5.77. The summed E-state index contributed by atoms with van der Waals surface area (Å²) in [5, 5.41) is 7.01. The fourth-order valence-electron chi connectivity index (χ4n) is 3.16. The van der Waals surface area contributed by atoms with Gasteiger partial charge in [-0.25, -0.2) is 0 Å². The van der Waals surface area contributed by atoms with E-state index in [4.69, 9.17) is 4.52 Å². The second-order valence-corrected chi connectivity index (χ2v) is 7.71. The van der Waals surface area contributed by atoms with Crippen LogP contribution >= 0.6 is 0 Å². The molecule has 128 valence electrons. The van der Waals surface area contributed by atoms with Gasteiger partial charge in [0.25, 0.3) is 5.91 Å². The van der Waals surface area contributed by atoms with Crippen molar-refractivity contribution < 1.29 is 9.32 Å². The first kappa shape index (κ1) is 16.7. The van der Waals surface area contributed by atoms with Crippen molar-refractivity contribution in [3.05, 3.63) is 41.6 Å².